The van der Waals surface area contributed by atoms with Crippen LogP contribution in [0.5, 0.6) is 0 Å². The van der Waals surface area contributed by atoms with Crippen molar-refractivity contribution in [3.8, 4) is 0 Å². The van der Waals surface area contributed by atoms with Crippen molar-refractivity contribution >= 4 is 5.95 Å². The number of hydrogen-bond acceptors (Lipinski definition) is 2. The van der Waals surface area contributed by atoms with Gasteiger partial charge in [-0.2, -0.15) is 0 Å². The molecule has 17 heavy (non-hydrogen) atoms. The lowest BCUT2D eigenvalue weighted by molar-refractivity contribution is 0.647. The van der Waals surface area contributed by atoms with Gasteiger partial charge in [0.1, 0.15) is 0 Å². The van der Waals surface area contributed by atoms with Gasteiger partial charge >= 0.3 is 0 Å². The first-order valence-corrected chi connectivity index (χ1v) is 6.05. The van der Waals surface area contributed by atoms with E-state index < -0.39 is 0 Å². The van der Waals surface area contributed by atoms with E-state index in [1.54, 1.807) is 0 Å². The number of imidazole rings is 1. The van der Waals surface area contributed by atoms with Crippen molar-refractivity contribution in [2.45, 2.75) is 26.3 Å². The molecule has 90 valence electrons. The van der Waals surface area contributed by atoms with Crippen molar-refractivity contribution in [3.63, 3.8) is 0 Å². The molecule has 0 aliphatic heterocycles. The third-order valence-corrected chi connectivity index (χ3v) is 2.83. The Kier molecular flexibility index (Phi) is 3.81. The maximum absolute atomic E-state index is 4.41. The molecule has 0 saturated carbocycles. The molecule has 0 bridgehead atoms. The molecular weight excluding hydrogens is 210 g/mol. The Morgan fingerprint density at radius 2 is 2.00 bits per heavy atom. The Morgan fingerprint density at radius 1 is 1.24 bits per heavy atom. The SMILES string of the molecule is CNc1nc(C)cn1CCCc1ccccc1. The fourth-order valence-corrected chi connectivity index (χ4v) is 2.01. The van der Waals surface area contributed by atoms with E-state index in [-0.39, 0.29) is 0 Å². The largest absolute Gasteiger partial charge is 0.359 e. The van der Waals surface area contributed by atoms with Gasteiger partial charge in [0.15, 0.2) is 0 Å². The minimum Gasteiger partial charge on any atom is -0.359 e. The van der Waals surface area contributed by atoms with Crippen molar-refractivity contribution in [1.82, 2.24) is 9.55 Å². The normalized spacial score (nSPS) is 10.5. The molecule has 0 aliphatic carbocycles. The molecule has 0 radical (unpaired) electrons. The highest BCUT2D eigenvalue weighted by Crippen LogP contribution is 2.10. The topological polar surface area (TPSA) is 29.9 Å². The van der Waals surface area contributed by atoms with Gasteiger partial charge < -0.3 is 9.88 Å². The van der Waals surface area contributed by atoms with E-state index in [0.717, 1.165) is 31.0 Å². The van der Waals surface area contributed by atoms with Crippen LogP contribution in [0.1, 0.15) is 17.7 Å². The third-order valence-electron chi connectivity index (χ3n) is 2.83. The average Bonchev–Trinajstić information content (AvgIpc) is 2.71. The highest BCUT2D eigenvalue weighted by Gasteiger charge is 2.02. The molecular formula is C14H19N3. The van der Waals surface area contributed by atoms with Gasteiger partial charge in [-0.25, -0.2) is 4.98 Å². The number of benzene rings is 1. The van der Waals surface area contributed by atoms with Crippen molar-refractivity contribution in [1.29, 1.82) is 0 Å². The highest BCUT2D eigenvalue weighted by atomic mass is 15.2. The molecule has 1 aromatic heterocycles. The van der Waals surface area contributed by atoms with Gasteiger partial charge in [0.05, 0.1) is 5.69 Å². The summed E-state index contributed by atoms with van der Waals surface area (Å²) in [7, 11) is 1.91. The molecule has 0 atom stereocenters. The van der Waals surface area contributed by atoms with E-state index in [1.165, 1.54) is 5.56 Å². The number of aromatic nitrogens is 2. The monoisotopic (exact) mass is 229 g/mol. The zero-order valence-electron chi connectivity index (χ0n) is 10.5. The molecule has 0 saturated heterocycles. The summed E-state index contributed by atoms with van der Waals surface area (Å²) in [6.07, 6.45) is 4.34. The quantitative estimate of drug-likeness (QED) is 0.854. The molecule has 0 amide bonds. The predicted molar refractivity (Wildman–Crippen MR) is 71.3 cm³/mol. The predicted octanol–water partition coefficient (Wildman–Crippen LogP) is 2.87. The van der Waals surface area contributed by atoms with Gasteiger partial charge in [-0.15, -0.1) is 0 Å². The minimum atomic E-state index is 0.954. The second-order valence-electron chi connectivity index (χ2n) is 4.24. The first-order valence-electron chi connectivity index (χ1n) is 6.05. The van der Waals surface area contributed by atoms with Crippen LogP contribution in [-0.4, -0.2) is 16.6 Å². The third kappa shape index (κ3) is 3.09. The first-order chi connectivity index (χ1) is 8.29. The molecule has 0 aliphatic rings. The average molecular weight is 229 g/mol. The van der Waals surface area contributed by atoms with Gasteiger partial charge in [-0.3, -0.25) is 0 Å². The summed E-state index contributed by atoms with van der Waals surface area (Å²) in [5.41, 5.74) is 2.46. The smallest absolute Gasteiger partial charge is 0.202 e. The van der Waals surface area contributed by atoms with Crippen LogP contribution in [0.15, 0.2) is 36.5 Å². The number of aryl methyl sites for hydroxylation is 3. The zero-order valence-corrected chi connectivity index (χ0v) is 10.5. The van der Waals surface area contributed by atoms with E-state index in [4.69, 9.17) is 0 Å². The van der Waals surface area contributed by atoms with Crippen LogP contribution in [0.2, 0.25) is 0 Å². The summed E-state index contributed by atoms with van der Waals surface area (Å²) in [4.78, 5) is 4.41. The van der Waals surface area contributed by atoms with E-state index in [0.29, 0.717) is 0 Å². The lowest BCUT2D eigenvalue weighted by Gasteiger charge is -2.06. The summed E-state index contributed by atoms with van der Waals surface area (Å²) in [5.74, 6) is 0.954. The standard InChI is InChI=1S/C14H19N3/c1-12-11-17(14(15-2)16-12)10-6-9-13-7-4-3-5-8-13/h3-5,7-8,11H,6,9-10H2,1-2H3,(H,15,16). The number of hydrogen-bond donors (Lipinski definition) is 1. The van der Waals surface area contributed by atoms with Crippen LogP contribution < -0.4 is 5.32 Å². The molecule has 2 rings (SSSR count). The second kappa shape index (κ2) is 5.53. The summed E-state index contributed by atoms with van der Waals surface area (Å²) in [6, 6.07) is 10.6. The van der Waals surface area contributed by atoms with Crippen LogP contribution in [0.25, 0.3) is 0 Å². The molecule has 0 fully saturated rings. The number of nitrogens with one attached hydrogen (secondary N) is 1. The highest BCUT2D eigenvalue weighted by molar-refractivity contribution is 5.27. The number of rotatable bonds is 5. The fourth-order valence-electron chi connectivity index (χ4n) is 2.01. The molecule has 2 aromatic rings. The van der Waals surface area contributed by atoms with Crippen LogP contribution in [0.3, 0.4) is 0 Å². The Labute approximate surface area is 103 Å². The summed E-state index contributed by atoms with van der Waals surface area (Å²) in [6.45, 7) is 3.03. The Balaban J connectivity index is 1.90. The maximum Gasteiger partial charge on any atom is 0.202 e. The van der Waals surface area contributed by atoms with Crippen LogP contribution in [0, 0.1) is 6.92 Å². The second-order valence-corrected chi connectivity index (χ2v) is 4.24. The summed E-state index contributed by atoms with van der Waals surface area (Å²) >= 11 is 0. The van der Waals surface area contributed by atoms with Gasteiger partial charge in [-0.05, 0) is 25.3 Å². The van der Waals surface area contributed by atoms with Crippen LogP contribution in [0.4, 0.5) is 5.95 Å². The Morgan fingerprint density at radius 3 is 2.71 bits per heavy atom. The molecule has 0 unspecified atom stereocenters. The van der Waals surface area contributed by atoms with E-state index in [2.05, 4.69) is 51.4 Å². The van der Waals surface area contributed by atoms with Crippen molar-refractivity contribution in [3.05, 3.63) is 47.8 Å². The van der Waals surface area contributed by atoms with Gasteiger partial charge in [0.2, 0.25) is 5.95 Å². The Bertz CT molecular complexity index is 460. The molecule has 1 heterocycles. The molecule has 3 nitrogen and oxygen atoms in total. The zero-order chi connectivity index (χ0) is 12.1. The Hall–Kier alpha value is -1.77. The van der Waals surface area contributed by atoms with E-state index in [1.807, 2.05) is 14.0 Å². The van der Waals surface area contributed by atoms with Crippen LogP contribution in [-0.2, 0) is 13.0 Å². The first kappa shape index (κ1) is 11.7. The van der Waals surface area contributed by atoms with Crippen LogP contribution >= 0.6 is 0 Å². The number of anilines is 1. The molecule has 1 N–H and O–H groups in total. The lowest BCUT2D eigenvalue weighted by atomic mass is 10.1. The molecule has 1 aromatic carbocycles. The van der Waals surface area contributed by atoms with Crippen molar-refractivity contribution in [2.75, 3.05) is 12.4 Å². The van der Waals surface area contributed by atoms with Gasteiger partial charge in [-0.1, -0.05) is 30.3 Å². The molecule has 0 spiro atoms. The fraction of sp³-hybridized carbons (Fsp3) is 0.357. The minimum absolute atomic E-state index is 0.954. The number of nitrogens with zero attached hydrogens (tertiary/aromatic N) is 2. The van der Waals surface area contributed by atoms with Gasteiger partial charge in [0, 0.05) is 19.8 Å². The lowest BCUT2D eigenvalue weighted by Crippen LogP contribution is -2.03. The maximum atomic E-state index is 4.41. The van der Waals surface area contributed by atoms with E-state index >= 15 is 0 Å². The van der Waals surface area contributed by atoms with Crippen molar-refractivity contribution < 1.29 is 0 Å². The van der Waals surface area contributed by atoms with E-state index in [9.17, 15) is 0 Å². The summed E-state index contributed by atoms with van der Waals surface area (Å²) < 4.78 is 2.18. The molecule has 3 heteroatoms. The summed E-state index contributed by atoms with van der Waals surface area (Å²) in [5, 5.41) is 3.12. The van der Waals surface area contributed by atoms with Gasteiger partial charge in [0.25, 0.3) is 0 Å². The van der Waals surface area contributed by atoms with Crippen molar-refractivity contribution in [2.24, 2.45) is 0 Å².